The van der Waals surface area contributed by atoms with E-state index >= 15 is 0 Å². The topological polar surface area (TPSA) is 63.8 Å². The largest absolute Gasteiger partial charge is 0.507 e. The molecule has 0 saturated carbocycles. The second-order valence-electron chi connectivity index (χ2n) is 18.7. The lowest BCUT2D eigenvalue weighted by Gasteiger charge is -2.28. The molecule has 64 heavy (non-hydrogen) atoms. The summed E-state index contributed by atoms with van der Waals surface area (Å²) in [6.45, 7) is 13.2. The molecular weight excluding hydrogens is 781 g/mol. The lowest BCUT2D eigenvalue weighted by molar-refractivity contribution is 0.446. The van der Waals surface area contributed by atoms with Crippen molar-refractivity contribution in [2.24, 2.45) is 0 Å². The van der Waals surface area contributed by atoms with Gasteiger partial charge in [-0.15, -0.1) is 0 Å². The summed E-state index contributed by atoms with van der Waals surface area (Å²) in [7, 11) is 0. The minimum atomic E-state index is -0.342. The molecule has 0 aliphatic heterocycles. The van der Waals surface area contributed by atoms with Crippen LogP contribution in [0.2, 0.25) is 0 Å². The van der Waals surface area contributed by atoms with Crippen molar-refractivity contribution in [3.63, 3.8) is 0 Å². The minimum Gasteiger partial charge on any atom is -0.507 e. The van der Waals surface area contributed by atoms with Gasteiger partial charge in [0.2, 0.25) is 0 Å². The Hall–Kier alpha value is -7.63. The first-order valence-corrected chi connectivity index (χ1v) is 22.0. The summed E-state index contributed by atoms with van der Waals surface area (Å²) in [5.41, 5.74) is 13.9. The lowest BCUT2D eigenvalue weighted by atomic mass is 9.79. The van der Waals surface area contributed by atoms with Crippen LogP contribution in [-0.2, 0) is 10.8 Å². The van der Waals surface area contributed by atoms with Crippen LogP contribution < -0.4 is 0 Å². The highest BCUT2D eigenvalue weighted by Crippen LogP contribution is 2.47. The first kappa shape index (κ1) is 40.4. The Labute approximate surface area is 375 Å². The van der Waals surface area contributed by atoms with Crippen LogP contribution >= 0.6 is 0 Å². The van der Waals surface area contributed by atoms with Gasteiger partial charge in [-0.1, -0.05) is 187 Å². The van der Waals surface area contributed by atoms with Crippen molar-refractivity contribution in [3.05, 3.63) is 199 Å². The fourth-order valence-corrected chi connectivity index (χ4v) is 8.87. The number of hydrogen-bond acceptors (Lipinski definition) is 4. The van der Waals surface area contributed by atoms with Crippen molar-refractivity contribution in [1.82, 2.24) is 19.5 Å². The summed E-state index contributed by atoms with van der Waals surface area (Å²) in [6, 6.07) is 63.6. The van der Waals surface area contributed by atoms with Crippen LogP contribution in [0, 0.1) is 0 Å². The highest BCUT2D eigenvalue weighted by molar-refractivity contribution is 6.03. The van der Waals surface area contributed by atoms with E-state index in [4.69, 9.17) is 15.0 Å². The lowest BCUT2D eigenvalue weighted by Crippen LogP contribution is -2.17. The van der Waals surface area contributed by atoms with Gasteiger partial charge in [0.1, 0.15) is 11.6 Å². The molecule has 0 amide bonds. The Morgan fingerprint density at radius 2 is 1.11 bits per heavy atom. The normalized spacial score (nSPS) is 12.0. The van der Waals surface area contributed by atoms with Gasteiger partial charge in [0.15, 0.2) is 5.82 Å². The van der Waals surface area contributed by atoms with Gasteiger partial charge >= 0.3 is 0 Å². The van der Waals surface area contributed by atoms with Crippen LogP contribution in [0.1, 0.15) is 52.7 Å². The highest BCUT2D eigenvalue weighted by Gasteiger charge is 2.30. The third-order valence-corrected chi connectivity index (χ3v) is 12.3. The molecule has 0 fully saturated rings. The first-order valence-electron chi connectivity index (χ1n) is 22.0. The van der Waals surface area contributed by atoms with Crippen LogP contribution in [-0.4, -0.2) is 24.6 Å². The molecule has 0 unspecified atom stereocenters. The summed E-state index contributed by atoms with van der Waals surface area (Å²) in [5.74, 6) is 1.55. The molecule has 312 valence electrons. The summed E-state index contributed by atoms with van der Waals surface area (Å²) < 4.78 is 2.30. The number of aromatic hydroxyl groups is 1. The summed E-state index contributed by atoms with van der Waals surface area (Å²) >= 11 is 0. The second kappa shape index (κ2) is 15.9. The molecule has 5 nitrogen and oxygen atoms in total. The zero-order valence-corrected chi connectivity index (χ0v) is 37.1. The van der Waals surface area contributed by atoms with Gasteiger partial charge in [-0.25, -0.2) is 15.0 Å². The number of fused-ring (bicyclic) bond motifs is 2. The molecule has 10 aromatic rings. The van der Waals surface area contributed by atoms with Gasteiger partial charge in [-0.3, -0.25) is 4.57 Å². The molecule has 5 heteroatoms. The van der Waals surface area contributed by atoms with Crippen LogP contribution in [0.3, 0.4) is 0 Å². The molecule has 0 atom stereocenters. The van der Waals surface area contributed by atoms with Crippen molar-refractivity contribution >= 4 is 21.8 Å². The van der Waals surface area contributed by atoms with Crippen LogP contribution in [0.4, 0.5) is 0 Å². The molecule has 2 aromatic heterocycles. The first-order chi connectivity index (χ1) is 30.9. The number of hydrogen-bond donors (Lipinski definition) is 1. The van der Waals surface area contributed by atoms with Crippen molar-refractivity contribution < 1.29 is 5.11 Å². The quantitative estimate of drug-likeness (QED) is 0.174. The van der Waals surface area contributed by atoms with Crippen molar-refractivity contribution in [2.45, 2.75) is 52.4 Å². The van der Waals surface area contributed by atoms with Gasteiger partial charge in [-0.05, 0) is 80.4 Å². The molecule has 0 aliphatic rings. The molecule has 0 bridgehead atoms. The average molecular weight is 831 g/mol. The Balaban J connectivity index is 1.31. The number of aromatic nitrogens is 4. The molecular formula is C59H50N4O. The van der Waals surface area contributed by atoms with E-state index in [1.807, 2.05) is 36.5 Å². The van der Waals surface area contributed by atoms with Crippen LogP contribution in [0.25, 0.3) is 94.9 Å². The van der Waals surface area contributed by atoms with Crippen molar-refractivity contribution in [2.75, 3.05) is 0 Å². The predicted molar refractivity (Wildman–Crippen MR) is 266 cm³/mol. The number of benzene rings is 8. The maximum Gasteiger partial charge on any atom is 0.159 e. The molecule has 1 N–H and O–H groups in total. The number of phenols is 1. The van der Waals surface area contributed by atoms with Crippen molar-refractivity contribution in [3.8, 4) is 78.9 Å². The van der Waals surface area contributed by atoms with Crippen LogP contribution in [0.5, 0.6) is 5.75 Å². The van der Waals surface area contributed by atoms with E-state index in [0.717, 1.165) is 88.8 Å². The molecule has 0 radical (unpaired) electrons. The standard InChI is InChI=1S/C59H50N4O/c1-58(2,3)45-36-49(55(64)50(37-45)59(4,5)6)57-62-53-46(27-18-28-52(53)63(57)54-47-26-17-16-23-40(47)29-30-48(54)39-21-12-8-13-22-39)43-33-42(38-19-10-7-11-20-38)34-44(35-43)56-60-32-31-51(61-56)41-24-14-9-15-25-41/h7-37,64H,1-6H3. The van der Waals surface area contributed by atoms with Gasteiger partial charge in [0.05, 0.1) is 28.0 Å². The SMILES string of the molecule is CC(C)(C)c1cc(-c2nc3c(-c4cc(-c5ccccc5)cc(-c5nccc(-c6ccccc6)n5)c4)cccc3n2-c2c(-c3ccccc3)ccc3ccccc23)c(O)c(C(C)(C)C)c1. The fraction of sp³-hybridized carbons (Fsp3) is 0.136. The van der Waals surface area contributed by atoms with Gasteiger partial charge < -0.3 is 5.11 Å². The van der Waals surface area contributed by atoms with Gasteiger partial charge in [-0.2, -0.15) is 0 Å². The van der Waals surface area contributed by atoms with E-state index in [1.165, 1.54) is 0 Å². The Morgan fingerprint density at radius 3 is 1.81 bits per heavy atom. The fourth-order valence-electron chi connectivity index (χ4n) is 8.87. The van der Waals surface area contributed by atoms with E-state index in [-0.39, 0.29) is 16.6 Å². The monoisotopic (exact) mass is 830 g/mol. The van der Waals surface area contributed by atoms with E-state index in [9.17, 15) is 5.11 Å². The molecule has 10 rings (SSSR count). The Morgan fingerprint density at radius 1 is 0.469 bits per heavy atom. The Kier molecular flexibility index (Phi) is 10.1. The Bertz CT molecular complexity index is 3340. The predicted octanol–water partition coefficient (Wildman–Crippen LogP) is 15.3. The molecule has 2 heterocycles. The number of para-hydroxylation sites is 1. The van der Waals surface area contributed by atoms with Gasteiger partial charge in [0.25, 0.3) is 0 Å². The second-order valence-corrected chi connectivity index (χ2v) is 18.7. The van der Waals surface area contributed by atoms with Crippen molar-refractivity contribution in [1.29, 1.82) is 0 Å². The van der Waals surface area contributed by atoms with E-state index in [2.05, 4.69) is 198 Å². The molecule has 0 aliphatic carbocycles. The molecule has 0 spiro atoms. The third kappa shape index (κ3) is 7.43. The van der Waals surface area contributed by atoms with E-state index in [0.29, 0.717) is 17.2 Å². The van der Waals surface area contributed by atoms with E-state index in [1.54, 1.807) is 0 Å². The molecule has 8 aromatic carbocycles. The summed E-state index contributed by atoms with van der Waals surface area (Å²) in [4.78, 5) is 15.7. The maximum absolute atomic E-state index is 12.6. The zero-order chi connectivity index (χ0) is 44.2. The summed E-state index contributed by atoms with van der Waals surface area (Å²) in [5, 5.41) is 14.8. The molecule has 0 saturated heterocycles. The average Bonchev–Trinajstić information content (AvgIpc) is 3.70. The highest BCUT2D eigenvalue weighted by atomic mass is 16.3. The van der Waals surface area contributed by atoms with Crippen LogP contribution in [0.15, 0.2) is 188 Å². The third-order valence-electron chi connectivity index (χ3n) is 12.3. The number of imidazole rings is 1. The maximum atomic E-state index is 12.6. The van der Waals surface area contributed by atoms with Gasteiger partial charge in [0, 0.05) is 39.4 Å². The van der Waals surface area contributed by atoms with E-state index < -0.39 is 0 Å². The number of phenolic OH excluding ortho intramolecular Hbond substituents is 1. The smallest absolute Gasteiger partial charge is 0.159 e. The minimum absolute atomic E-state index is 0.201. The summed E-state index contributed by atoms with van der Waals surface area (Å²) in [6.07, 6.45) is 1.84. The number of nitrogens with zero attached hydrogens (tertiary/aromatic N) is 4. The zero-order valence-electron chi connectivity index (χ0n) is 37.1. The number of rotatable bonds is 7.